The number of carbonyl (C=O) groups is 1. The molecule has 1 saturated heterocycles. The van der Waals surface area contributed by atoms with Gasteiger partial charge in [0.15, 0.2) is 0 Å². The highest BCUT2D eigenvalue weighted by Crippen LogP contribution is 2.23. The molecule has 0 bridgehead atoms. The lowest BCUT2D eigenvalue weighted by Gasteiger charge is -2.33. The summed E-state index contributed by atoms with van der Waals surface area (Å²) in [6, 6.07) is 15.2. The zero-order chi connectivity index (χ0) is 20.6. The standard InChI is InChI=1S/C22H25N3O3S/c1-16-12-17(2)19-14-21(23-20(19)13-16)22(26)24-8-10-25(11-9-24)29(27,28)15-18-6-4-3-5-7-18/h3-7,12-14,23H,8-11,15H2,1-2H3. The van der Waals surface area contributed by atoms with E-state index in [4.69, 9.17) is 0 Å². The normalized spacial score (nSPS) is 15.7. The van der Waals surface area contributed by atoms with Gasteiger partial charge in [-0.15, -0.1) is 0 Å². The molecule has 0 spiro atoms. The fraction of sp³-hybridized carbons (Fsp3) is 0.318. The number of nitrogens with one attached hydrogen (secondary N) is 1. The van der Waals surface area contributed by atoms with Crippen LogP contribution in [-0.4, -0.2) is 54.7 Å². The van der Waals surface area contributed by atoms with E-state index >= 15 is 0 Å². The Morgan fingerprint density at radius 1 is 1.00 bits per heavy atom. The van der Waals surface area contributed by atoms with Gasteiger partial charge in [0.2, 0.25) is 10.0 Å². The maximum absolute atomic E-state index is 12.9. The monoisotopic (exact) mass is 411 g/mol. The summed E-state index contributed by atoms with van der Waals surface area (Å²) in [6.07, 6.45) is 0. The molecule has 0 radical (unpaired) electrons. The number of H-pyrrole nitrogens is 1. The minimum atomic E-state index is -3.39. The van der Waals surface area contributed by atoms with Crippen molar-refractivity contribution in [1.82, 2.24) is 14.2 Å². The van der Waals surface area contributed by atoms with Crippen LogP contribution in [0.25, 0.3) is 10.9 Å². The second-order valence-electron chi connectivity index (χ2n) is 7.66. The first-order valence-corrected chi connectivity index (χ1v) is 11.4. The van der Waals surface area contributed by atoms with Crippen LogP contribution in [0, 0.1) is 13.8 Å². The van der Waals surface area contributed by atoms with Gasteiger partial charge < -0.3 is 9.88 Å². The molecule has 1 aliphatic rings. The first kappa shape index (κ1) is 19.7. The molecule has 6 nitrogen and oxygen atoms in total. The molecule has 4 rings (SSSR count). The van der Waals surface area contributed by atoms with E-state index in [0.29, 0.717) is 31.9 Å². The van der Waals surface area contributed by atoms with Crippen LogP contribution < -0.4 is 0 Å². The molecular formula is C22H25N3O3S. The summed E-state index contributed by atoms with van der Waals surface area (Å²) in [5.74, 6) is -0.0963. The molecule has 29 heavy (non-hydrogen) atoms. The third-order valence-corrected chi connectivity index (χ3v) is 7.28. The number of rotatable bonds is 4. The van der Waals surface area contributed by atoms with Gasteiger partial charge in [-0.3, -0.25) is 4.79 Å². The molecule has 2 aromatic carbocycles. The number of aromatic amines is 1. The summed E-state index contributed by atoms with van der Waals surface area (Å²) in [4.78, 5) is 17.9. The number of fused-ring (bicyclic) bond motifs is 1. The molecule has 1 aromatic heterocycles. The van der Waals surface area contributed by atoms with Crippen molar-refractivity contribution in [3.63, 3.8) is 0 Å². The van der Waals surface area contributed by atoms with Gasteiger partial charge in [0.05, 0.1) is 5.75 Å². The molecule has 1 aliphatic heterocycles. The average molecular weight is 412 g/mol. The Hall–Kier alpha value is -2.64. The quantitative estimate of drug-likeness (QED) is 0.717. The molecule has 0 aliphatic carbocycles. The smallest absolute Gasteiger partial charge is 0.270 e. The molecule has 152 valence electrons. The van der Waals surface area contributed by atoms with E-state index in [2.05, 4.69) is 11.1 Å². The van der Waals surface area contributed by atoms with Crippen molar-refractivity contribution in [2.75, 3.05) is 26.2 Å². The number of hydrogen-bond donors (Lipinski definition) is 1. The van der Waals surface area contributed by atoms with Crippen LogP contribution >= 0.6 is 0 Å². The lowest BCUT2D eigenvalue weighted by atomic mass is 10.1. The van der Waals surface area contributed by atoms with E-state index in [0.717, 1.165) is 27.6 Å². The van der Waals surface area contributed by atoms with Gasteiger partial charge in [0, 0.05) is 37.1 Å². The van der Waals surface area contributed by atoms with E-state index < -0.39 is 10.0 Å². The van der Waals surface area contributed by atoms with Crippen molar-refractivity contribution in [2.24, 2.45) is 0 Å². The van der Waals surface area contributed by atoms with Gasteiger partial charge in [-0.25, -0.2) is 8.42 Å². The number of sulfonamides is 1. The van der Waals surface area contributed by atoms with Crippen molar-refractivity contribution in [3.8, 4) is 0 Å². The topological polar surface area (TPSA) is 73.5 Å². The fourth-order valence-corrected chi connectivity index (χ4v) is 5.45. The Balaban J connectivity index is 1.44. The third-order valence-electron chi connectivity index (χ3n) is 5.43. The van der Waals surface area contributed by atoms with Crippen LogP contribution in [0.15, 0.2) is 48.5 Å². The molecule has 1 N–H and O–H groups in total. The number of benzene rings is 2. The summed E-state index contributed by atoms with van der Waals surface area (Å²) in [5.41, 5.74) is 4.55. The third kappa shape index (κ3) is 4.06. The van der Waals surface area contributed by atoms with Gasteiger partial charge in [-0.05, 0) is 42.7 Å². The molecule has 0 unspecified atom stereocenters. The molecule has 1 amide bonds. The van der Waals surface area contributed by atoms with Gasteiger partial charge >= 0.3 is 0 Å². The van der Waals surface area contributed by atoms with Crippen molar-refractivity contribution >= 4 is 26.8 Å². The lowest BCUT2D eigenvalue weighted by Crippen LogP contribution is -2.50. The molecule has 7 heteroatoms. The lowest BCUT2D eigenvalue weighted by molar-refractivity contribution is 0.0693. The number of amides is 1. The second kappa shape index (κ2) is 7.65. The number of carbonyl (C=O) groups excluding carboxylic acids is 1. The van der Waals surface area contributed by atoms with Crippen LogP contribution in [0.3, 0.4) is 0 Å². The molecule has 3 aromatic rings. The SMILES string of the molecule is Cc1cc(C)c2cc(C(=O)N3CCN(S(=O)(=O)Cc4ccccc4)CC3)[nH]c2c1. The van der Waals surface area contributed by atoms with Crippen LogP contribution in [0.1, 0.15) is 27.2 Å². The van der Waals surface area contributed by atoms with Crippen molar-refractivity contribution in [2.45, 2.75) is 19.6 Å². The summed E-state index contributed by atoms with van der Waals surface area (Å²) >= 11 is 0. The minimum absolute atomic E-state index is 0.0115. The van der Waals surface area contributed by atoms with Crippen molar-refractivity contribution in [3.05, 3.63) is 70.9 Å². The predicted molar refractivity (Wildman–Crippen MR) is 114 cm³/mol. The molecule has 0 saturated carbocycles. The largest absolute Gasteiger partial charge is 0.351 e. The number of aromatic nitrogens is 1. The van der Waals surface area contributed by atoms with Crippen molar-refractivity contribution < 1.29 is 13.2 Å². The minimum Gasteiger partial charge on any atom is -0.351 e. The highest BCUT2D eigenvalue weighted by molar-refractivity contribution is 7.88. The summed E-state index contributed by atoms with van der Waals surface area (Å²) in [5, 5.41) is 1.04. The molecular weight excluding hydrogens is 386 g/mol. The van der Waals surface area contributed by atoms with Gasteiger partial charge in [-0.1, -0.05) is 36.4 Å². The molecule has 1 fully saturated rings. The van der Waals surface area contributed by atoms with E-state index in [-0.39, 0.29) is 11.7 Å². The Morgan fingerprint density at radius 2 is 1.69 bits per heavy atom. The number of piperazine rings is 1. The first-order chi connectivity index (χ1) is 13.8. The van der Waals surface area contributed by atoms with E-state index in [9.17, 15) is 13.2 Å². The van der Waals surface area contributed by atoms with E-state index in [1.165, 1.54) is 4.31 Å². The summed E-state index contributed by atoms with van der Waals surface area (Å²) in [6.45, 7) is 5.48. The van der Waals surface area contributed by atoms with E-state index in [1.54, 1.807) is 4.90 Å². The van der Waals surface area contributed by atoms with Gasteiger partial charge in [-0.2, -0.15) is 4.31 Å². The number of nitrogens with zero attached hydrogens (tertiary/aromatic N) is 2. The highest BCUT2D eigenvalue weighted by Gasteiger charge is 2.29. The average Bonchev–Trinajstić information content (AvgIpc) is 3.12. The maximum Gasteiger partial charge on any atom is 0.270 e. The number of aryl methyl sites for hydroxylation is 2. The van der Waals surface area contributed by atoms with Crippen LogP contribution in [0.4, 0.5) is 0 Å². The van der Waals surface area contributed by atoms with E-state index in [1.807, 2.05) is 56.3 Å². The number of hydrogen-bond acceptors (Lipinski definition) is 3. The van der Waals surface area contributed by atoms with Crippen molar-refractivity contribution in [1.29, 1.82) is 0 Å². The van der Waals surface area contributed by atoms with Gasteiger partial charge in [0.25, 0.3) is 5.91 Å². The Labute approximate surface area is 171 Å². The van der Waals surface area contributed by atoms with Crippen LogP contribution in [0.5, 0.6) is 0 Å². The predicted octanol–water partition coefficient (Wildman–Crippen LogP) is 3.07. The molecule has 0 atom stereocenters. The fourth-order valence-electron chi connectivity index (χ4n) is 3.93. The second-order valence-corrected chi connectivity index (χ2v) is 9.63. The summed E-state index contributed by atoms with van der Waals surface area (Å²) in [7, 11) is -3.39. The van der Waals surface area contributed by atoms with Gasteiger partial charge in [0.1, 0.15) is 5.69 Å². The molecule has 2 heterocycles. The highest BCUT2D eigenvalue weighted by atomic mass is 32.2. The van der Waals surface area contributed by atoms with Crippen LogP contribution in [-0.2, 0) is 15.8 Å². The zero-order valence-electron chi connectivity index (χ0n) is 16.7. The van der Waals surface area contributed by atoms with Crippen LogP contribution in [0.2, 0.25) is 0 Å². The summed E-state index contributed by atoms with van der Waals surface area (Å²) < 4.78 is 26.9. The Kier molecular flexibility index (Phi) is 5.19. The Bertz CT molecular complexity index is 1140. The maximum atomic E-state index is 12.9. The zero-order valence-corrected chi connectivity index (χ0v) is 17.5. The first-order valence-electron chi connectivity index (χ1n) is 9.74. The Morgan fingerprint density at radius 3 is 2.38 bits per heavy atom.